The van der Waals surface area contributed by atoms with Crippen LogP contribution in [0.3, 0.4) is 0 Å². The molecule has 1 fully saturated rings. The van der Waals surface area contributed by atoms with Crippen LogP contribution < -0.4 is 10.4 Å². The van der Waals surface area contributed by atoms with Gasteiger partial charge in [0.05, 0.1) is 17.6 Å². The van der Waals surface area contributed by atoms with E-state index in [4.69, 9.17) is 13.9 Å². The number of nitro benzene ring substituents is 1. The van der Waals surface area contributed by atoms with Crippen LogP contribution in [0.5, 0.6) is 0 Å². The molecule has 0 saturated carbocycles. The number of hydrogen-bond acceptors (Lipinski definition) is 6. The minimum atomic E-state index is -2.76. The summed E-state index contributed by atoms with van der Waals surface area (Å²) in [5.74, 6) is 0. The number of hydrogen-bond donors (Lipinski definition) is 1. The summed E-state index contributed by atoms with van der Waals surface area (Å²) < 4.78 is 19.8. The number of ether oxygens (including phenoxy) is 2. The van der Waals surface area contributed by atoms with Crippen LogP contribution >= 0.6 is 0 Å². The first-order valence-corrected chi connectivity index (χ1v) is 15.6. The molecule has 3 aromatic carbocycles. The highest BCUT2D eigenvalue weighted by atomic mass is 28.4. The van der Waals surface area contributed by atoms with Crippen molar-refractivity contribution < 1.29 is 23.9 Å². The van der Waals surface area contributed by atoms with Crippen LogP contribution in [0.15, 0.2) is 97.6 Å². The molecule has 0 aromatic heterocycles. The van der Waals surface area contributed by atoms with Gasteiger partial charge < -0.3 is 19.0 Å². The third kappa shape index (κ3) is 6.43. The van der Waals surface area contributed by atoms with Gasteiger partial charge in [-0.2, -0.15) is 0 Å². The maximum absolute atomic E-state index is 11.1. The highest BCUT2D eigenvalue weighted by Gasteiger charge is 2.51. The summed E-state index contributed by atoms with van der Waals surface area (Å²) >= 11 is 0. The second-order valence-electron chi connectivity index (χ2n) is 11.2. The Morgan fingerprint density at radius 2 is 1.62 bits per heavy atom. The minimum Gasteiger partial charge on any atom is -0.405 e. The predicted molar refractivity (Wildman–Crippen MR) is 159 cm³/mol. The molecule has 1 heterocycles. The van der Waals surface area contributed by atoms with Gasteiger partial charge in [-0.05, 0) is 45.9 Å². The van der Waals surface area contributed by atoms with Crippen LogP contribution in [-0.4, -0.2) is 49.9 Å². The van der Waals surface area contributed by atoms with Gasteiger partial charge in [0.1, 0.15) is 18.3 Å². The third-order valence-corrected chi connectivity index (χ3v) is 12.6. The number of non-ortho nitro benzene ring substituents is 1. The van der Waals surface area contributed by atoms with Crippen molar-refractivity contribution in [3.05, 3.63) is 113 Å². The molecule has 7 nitrogen and oxygen atoms in total. The fraction of sp³-hybridized carbons (Fsp3) is 0.375. The van der Waals surface area contributed by atoms with Crippen molar-refractivity contribution in [1.82, 2.24) is 0 Å². The van der Waals surface area contributed by atoms with Crippen LogP contribution in [0.2, 0.25) is 5.04 Å². The van der Waals surface area contributed by atoms with Gasteiger partial charge in [-0.1, -0.05) is 87.5 Å². The average Bonchev–Trinajstić information content (AvgIpc) is 2.97. The maximum Gasteiger partial charge on any atom is 0.269 e. The van der Waals surface area contributed by atoms with Crippen molar-refractivity contribution in [1.29, 1.82) is 0 Å². The molecular formula is C32H39NO6Si. The molecule has 1 saturated heterocycles. The van der Waals surface area contributed by atoms with E-state index in [0.29, 0.717) is 18.8 Å². The Balaban J connectivity index is 1.58. The summed E-state index contributed by atoms with van der Waals surface area (Å²) in [5.41, 5.74) is 0.487. The summed E-state index contributed by atoms with van der Waals surface area (Å²) in [4.78, 5) is 10.6. The lowest BCUT2D eigenvalue weighted by atomic mass is 10.0. The van der Waals surface area contributed by atoms with Crippen molar-refractivity contribution in [3.8, 4) is 0 Å². The van der Waals surface area contributed by atoms with Crippen molar-refractivity contribution in [2.45, 2.75) is 63.1 Å². The summed E-state index contributed by atoms with van der Waals surface area (Å²) in [5, 5.41) is 24.3. The zero-order chi connectivity index (χ0) is 28.8. The van der Waals surface area contributed by atoms with E-state index in [2.05, 4.69) is 75.9 Å². The molecule has 1 aliphatic heterocycles. The van der Waals surface area contributed by atoms with E-state index in [1.165, 1.54) is 22.5 Å². The first-order valence-electron chi connectivity index (χ1n) is 13.7. The van der Waals surface area contributed by atoms with Gasteiger partial charge in [-0.3, -0.25) is 10.1 Å². The molecule has 8 heteroatoms. The molecule has 1 aliphatic rings. The van der Waals surface area contributed by atoms with E-state index in [1.54, 1.807) is 18.2 Å². The smallest absolute Gasteiger partial charge is 0.269 e. The van der Waals surface area contributed by atoms with E-state index in [1.807, 2.05) is 12.1 Å². The second-order valence-corrected chi connectivity index (χ2v) is 15.5. The molecule has 0 spiro atoms. The normalized spacial score (nSPS) is 19.5. The van der Waals surface area contributed by atoms with Gasteiger partial charge in [0.2, 0.25) is 0 Å². The van der Waals surface area contributed by atoms with E-state index < -0.39 is 25.4 Å². The zero-order valence-corrected chi connectivity index (χ0v) is 24.4. The third-order valence-electron chi connectivity index (χ3n) is 7.58. The largest absolute Gasteiger partial charge is 0.405 e. The number of aliphatic hydroxyl groups excluding tert-OH is 1. The van der Waals surface area contributed by atoms with Crippen LogP contribution in [-0.2, 0) is 13.9 Å². The fourth-order valence-corrected chi connectivity index (χ4v) is 10.1. The lowest BCUT2D eigenvalue weighted by Gasteiger charge is -2.44. The zero-order valence-electron chi connectivity index (χ0n) is 23.4. The van der Waals surface area contributed by atoms with Gasteiger partial charge in [0.25, 0.3) is 14.0 Å². The van der Waals surface area contributed by atoms with Gasteiger partial charge in [0, 0.05) is 18.7 Å². The van der Waals surface area contributed by atoms with E-state index in [0.717, 1.165) is 12.8 Å². The summed E-state index contributed by atoms with van der Waals surface area (Å²) in [7, 11) is -2.76. The molecule has 3 aromatic rings. The maximum atomic E-state index is 11.1. The summed E-state index contributed by atoms with van der Waals surface area (Å²) in [6, 6.07) is 26.8. The number of nitrogens with zero attached hydrogens (tertiary/aromatic N) is 1. The number of rotatable bonds is 11. The Hall–Kier alpha value is -3.14. The first kappa shape index (κ1) is 29.8. The monoisotopic (exact) mass is 561 g/mol. The topological polar surface area (TPSA) is 91.1 Å². The molecule has 4 atom stereocenters. The Morgan fingerprint density at radius 3 is 2.12 bits per heavy atom. The lowest BCUT2D eigenvalue weighted by Crippen LogP contribution is -2.67. The molecule has 4 rings (SSSR count). The highest BCUT2D eigenvalue weighted by Crippen LogP contribution is 2.37. The molecule has 0 amide bonds. The highest BCUT2D eigenvalue weighted by molar-refractivity contribution is 6.99. The SMILES string of the molecule is C=C[C@@H](O[C@H]1CCCO[C@@H]1CO[Si](c1ccccc1)(c1ccccc1)C(C)(C)C)[C@H](O)c1ccc([N+](=O)[O-])cc1. The Morgan fingerprint density at radius 1 is 1.05 bits per heavy atom. The Labute approximate surface area is 237 Å². The van der Waals surface area contributed by atoms with Crippen molar-refractivity contribution in [2.75, 3.05) is 13.2 Å². The molecule has 1 N–H and O–H groups in total. The van der Waals surface area contributed by atoms with Gasteiger partial charge in [-0.25, -0.2) is 0 Å². The number of benzene rings is 3. The predicted octanol–water partition coefficient (Wildman–Crippen LogP) is 5.32. The van der Waals surface area contributed by atoms with Gasteiger partial charge in [-0.15, -0.1) is 6.58 Å². The van der Waals surface area contributed by atoms with Crippen LogP contribution in [0, 0.1) is 10.1 Å². The molecular weight excluding hydrogens is 522 g/mol. The molecule has 212 valence electrons. The number of nitro groups is 1. The van der Waals surface area contributed by atoms with Gasteiger partial charge >= 0.3 is 0 Å². The molecule has 40 heavy (non-hydrogen) atoms. The minimum absolute atomic E-state index is 0.0340. The van der Waals surface area contributed by atoms with Crippen LogP contribution in [0.1, 0.15) is 45.3 Å². The van der Waals surface area contributed by atoms with Crippen molar-refractivity contribution in [3.63, 3.8) is 0 Å². The second kappa shape index (κ2) is 13.0. The van der Waals surface area contributed by atoms with E-state index >= 15 is 0 Å². The quantitative estimate of drug-likeness (QED) is 0.147. The van der Waals surface area contributed by atoms with Crippen molar-refractivity contribution in [2.24, 2.45) is 0 Å². The van der Waals surface area contributed by atoms with E-state index in [9.17, 15) is 15.2 Å². The lowest BCUT2D eigenvalue weighted by molar-refractivity contribution is -0.384. The number of aliphatic hydroxyl groups is 1. The Kier molecular flexibility index (Phi) is 9.71. The Bertz CT molecular complexity index is 1210. The molecule has 0 radical (unpaired) electrons. The summed E-state index contributed by atoms with van der Waals surface area (Å²) in [6.45, 7) is 11.6. The standard InChI is InChI=1S/C32H39NO6Si/c1-5-28(31(34)24-18-20-25(21-19-24)33(35)36)39-29-17-12-22-37-30(29)23-38-40(32(2,3)4,26-13-8-6-9-14-26)27-15-10-7-11-16-27/h5-11,13-16,18-21,28-31,34H,1,12,17,22-23H2,2-4H3/t28-,29+,30-,31-/m1/s1. The first-order chi connectivity index (χ1) is 19.2. The average molecular weight is 562 g/mol. The van der Waals surface area contributed by atoms with E-state index in [-0.39, 0.29) is 22.9 Å². The molecule has 0 aliphatic carbocycles. The van der Waals surface area contributed by atoms with Crippen LogP contribution in [0.4, 0.5) is 5.69 Å². The summed E-state index contributed by atoms with van der Waals surface area (Å²) in [6.07, 6.45) is 0.761. The van der Waals surface area contributed by atoms with Crippen molar-refractivity contribution >= 4 is 24.4 Å². The van der Waals surface area contributed by atoms with Crippen LogP contribution in [0.25, 0.3) is 0 Å². The molecule has 0 unspecified atom stereocenters. The van der Waals surface area contributed by atoms with Gasteiger partial charge in [0.15, 0.2) is 0 Å². The fourth-order valence-electron chi connectivity index (χ4n) is 5.54. The molecule has 0 bridgehead atoms.